The molecule has 0 atom stereocenters. The Kier molecular flexibility index (Phi) is 4.88. The molecule has 1 aliphatic heterocycles. The Morgan fingerprint density at radius 3 is 2.80 bits per heavy atom. The molecule has 7 nitrogen and oxygen atoms in total. The zero-order chi connectivity index (χ0) is 20.5. The Morgan fingerprint density at radius 2 is 1.97 bits per heavy atom. The van der Waals surface area contributed by atoms with Crippen LogP contribution in [0.5, 0.6) is 0 Å². The van der Waals surface area contributed by atoms with E-state index in [-0.39, 0.29) is 5.56 Å². The molecule has 1 N–H and O–H groups in total. The Bertz CT molecular complexity index is 1240. The number of H-pyrrole nitrogens is 1. The summed E-state index contributed by atoms with van der Waals surface area (Å²) in [6, 6.07) is 13.9. The molecule has 1 aliphatic rings. The van der Waals surface area contributed by atoms with Gasteiger partial charge in [-0.2, -0.15) is 0 Å². The third-order valence-corrected chi connectivity index (χ3v) is 5.61. The zero-order valence-electron chi connectivity index (χ0n) is 17.0. The van der Waals surface area contributed by atoms with E-state index in [2.05, 4.69) is 44.6 Å². The number of aromatic nitrogens is 5. The molecule has 0 spiro atoms. The third kappa shape index (κ3) is 3.41. The van der Waals surface area contributed by atoms with Crippen molar-refractivity contribution in [2.24, 2.45) is 0 Å². The van der Waals surface area contributed by atoms with E-state index in [4.69, 9.17) is 9.97 Å². The fourth-order valence-electron chi connectivity index (χ4n) is 4.17. The number of para-hydroxylation sites is 2. The Hall–Kier alpha value is -3.32. The Labute approximate surface area is 174 Å². The number of imidazole rings is 1. The molecule has 0 saturated carbocycles. The first-order valence-electron chi connectivity index (χ1n) is 10.4. The monoisotopic (exact) mass is 400 g/mol. The molecule has 1 aromatic carbocycles. The van der Waals surface area contributed by atoms with E-state index in [0.29, 0.717) is 24.5 Å². The van der Waals surface area contributed by atoms with Gasteiger partial charge in [0.2, 0.25) is 0 Å². The number of aromatic amines is 1. The van der Waals surface area contributed by atoms with Crippen LogP contribution in [0.3, 0.4) is 0 Å². The predicted octanol–water partition coefficient (Wildman–Crippen LogP) is 3.15. The molecule has 3 aromatic heterocycles. The maximum Gasteiger partial charge on any atom is 0.254 e. The van der Waals surface area contributed by atoms with Crippen molar-refractivity contribution < 1.29 is 0 Å². The summed E-state index contributed by atoms with van der Waals surface area (Å²) < 4.78 is 2.31. The lowest BCUT2D eigenvalue weighted by atomic mass is 10.1. The Balaban J connectivity index is 1.45. The second kappa shape index (κ2) is 7.84. The number of hydrogen-bond donors (Lipinski definition) is 1. The average molecular weight is 400 g/mol. The summed E-state index contributed by atoms with van der Waals surface area (Å²) in [5.74, 6) is 1.59. The number of pyridine rings is 1. The van der Waals surface area contributed by atoms with Gasteiger partial charge < -0.3 is 9.55 Å². The molecular formula is C23H24N6O. The predicted molar refractivity (Wildman–Crippen MR) is 116 cm³/mol. The van der Waals surface area contributed by atoms with Gasteiger partial charge in [-0.15, -0.1) is 0 Å². The van der Waals surface area contributed by atoms with Crippen molar-refractivity contribution in [1.29, 1.82) is 0 Å². The highest BCUT2D eigenvalue weighted by atomic mass is 16.1. The summed E-state index contributed by atoms with van der Waals surface area (Å²) >= 11 is 0. The van der Waals surface area contributed by atoms with E-state index in [1.54, 1.807) is 6.20 Å². The van der Waals surface area contributed by atoms with Gasteiger partial charge in [-0.3, -0.25) is 14.7 Å². The summed E-state index contributed by atoms with van der Waals surface area (Å²) in [4.78, 5) is 31.8. The molecule has 0 amide bonds. The van der Waals surface area contributed by atoms with Crippen LogP contribution in [0.1, 0.15) is 30.4 Å². The minimum absolute atomic E-state index is 0.0569. The van der Waals surface area contributed by atoms with Crippen LogP contribution in [0.4, 0.5) is 0 Å². The molecule has 0 saturated heterocycles. The summed E-state index contributed by atoms with van der Waals surface area (Å²) in [5, 5.41) is 0. The van der Waals surface area contributed by atoms with Gasteiger partial charge in [0.1, 0.15) is 11.5 Å². The fraction of sp³-hybridized carbons (Fsp3) is 0.304. The molecule has 0 radical (unpaired) electrons. The number of benzene rings is 1. The van der Waals surface area contributed by atoms with Crippen LogP contribution in [-0.2, 0) is 26.1 Å². The van der Waals surface area contributed by atoms with Crippen molar-refractivity contribution in [3.8, 4) is 11.5 Å². The van der Waals surface area contributed by atoms with Crippen LogP contribution < -0.4 is 5.56 Å². The summed E-state index contributed by atoms with van der Waals surface area (Å²) in [7, 11) is 0. The van der Waals surface area contributed by atoms with E-state index in [1.807, 2.05) is 24.3 Å². The van der Waals surface area contributed by atoms with Gasteiger partial charge in [-0.25, -0.2) is 9.97 Å². The highest BCUT2D eigenvalue weighted by Gasteiger charge is 2.23. The van der Waals surface area contributed by atoms with Gasteiger partial charge in [0.05, 0.1) is 23.3 Å². The van der Waals surface area contributed by atoms with Crippen LogP contribution in [0.2, 0.25) is 0 Å². The lowest BCUT2D eigenvalue weighted by Crippen LogP contribution is -2.35. The van der Waals surface area contributed by atoms with Gasteiger partial charge in [0.25, 0.3) is 5.56 Å². The van der Waals surface area contributed by atoms with Gasteiger partial charge in [-0.05, 0) is 37.1 Å². The van der Waals surface area contributed by atoms with Crippen LogP contribution >= 0.6 is 0 Å². The lowest BCUT2D eigenvalue weighted by molar-refractivity contribution is 0.231. The molecule has 0 fully saturated rings. The number of nitrogens with one attached hydrogen (secondary N) is 1. The second-order valence-corrected chi connectivity index (χ2v) is 7.68. The average Bonchev–Trinajstić information content (AvgIpc) is 3.11. The second-order valence-electron chi connectivity index (χ2n) is 7.68. The molecule has 4 heterocycles. The van der Waals surface area contributed by atoms with Crippen molar-refractivity contribution >= 4 is 11.0 Å². The van der Waals surface area contributed by atoms with Crippen molar-refractivity contribution in [3.05, 3.63) is 76.1 Å². The fourth-order valence-corrected chi connectivity index (χ4v) is 4.17. The molecular weight excluding hydrogens is 376 g/mol. The zero-order valence-corrected chi connectivity index (χ0v) is 17.0. The Morgan fingerprint density at radius 1 is 1.10 bits per heavy atom. The lowest BCUT2D eigenvalue weighted by Gasteiger charge is -2.27. The van der Waals surface area contributed by atoms with Crippen molar-refractivity contribution in [2.75, 3.05) is 6.54 Å². The summed E-state index contributed by atoms with van der Waals surface area (Å²) in [6.45, 7) is 5.32. The number of hydrogen-bond acceptors (Lipinski definition) is 5. The quantitative estimate of drug-likeness (QED) is 0.557. The first-order valence-corrected chi connectivity index (χ1v) is 10.4. The smallest absolute Gasteiger partial charge is 0.254 e. The molecule has 5 rings (SSSR count). The molecule has 30 heavy (non-hydrogen) atoms. The largest absolute Gasteiger partial charge is 0.327 e. The van der Waals surface area contributed by atoms with Crippen LogP contribution in [-0.4, -0.2) is 35.9 Å². The molecule has 4 aromatic rings. The van der Waals surface area contributed by atoms with Gasteiger partial charge in [0.15, 0.2) is 5.82 Å². The number of rotatable bonds is 5. The molecule has 152 valence electrons. The number of fused-ring (bicyclic) bond motifs is 2. The topological polar surface area (TPSA) is 79.7 Å². The first kappa shape index (κ1) is 18.7. The highest BCUT2D eigenvalue weighted by Crippen LogP contribution is 2.22. The number of aryl methyl sites for hydroxylation is 1. The minimum Gasteiger partial charge on any atom is -0.327 e. The maximum absolute atomic E-state index is 12.6. The maximum atomic E-state index is 12.6. The summed E-state index contributed by atoms with van der Waals surface area (Å²) in [5.41, 5.74) is 4.46. The van der Waals surface area contributed by atoms with Crippen molar-refractivity contribution in [2.45, 2.75) is 39.4 Å². The van der Waals surface area contributed by atoms with Crippen LogP contribution in [0, 0.1) is 0 Å². The SMILES string of the molecule is CCCn1c(CN2CCc3c(nc(-c4ccccn4)[nH]c3=O)C2)nc2ccccc21. The number of nitrogens with zero attached hydrogens (tertiary/aromatic N) is 5. The highest BCUT2D eigenvalue weighted by molar-refractivity contribution is 5.75. The molecule has 0 bridgehead atoms. The van der Waals surface area contributed by atoms with Gasteiger partial charge in [0, 0.05) is 31.4 Å². The summed E-state index contributed by atoms with van der Waals surface area (Å²) in [6.07, 6.45) is 3.45. The van der Waals surface area contributed by atoms with Crippen molar-refractivity contribution in [1.82, 2.24) is 29.4 Å². The van der Waals surface area contributed by atoms with Crippen LogP contribution in [0.15, 0.2) is 53.5 Å². The van der Waals surface area contributed by atoms with E-state index in [1.165, 1.54) is 5.52 Å². The molecule has 0 unspecified atom stereocenters. The van der Waals surface area contributed by atoms with E-state index < -0.39 is 0 Å². The van der Waals surface area contributed by atoms with Crippen molar-refractivity contribution in [3.63, 3.8) is 0 Å². The standard InChI is InChI=1S/C23H24N6O/c1-2-12-29-20-9-4-3-7-17(20)25-21(29)15-28-13-10-16-19(14-28)26-22(27-23(16)30)18-8-5-6-11-24-18/h3-9,11H,2,10,12-15H2,1H3,(H,26,27,30). The minimum atomic E-state index is -0.0569. The molecule has 7 heteroatoms. The van der Waals surface area contributed by atoms with Gasteiger partial charge >= 0.3 is 0 Å². The third-order valence-electron chi connectivity index (χ3n) is 5.61. The van der Waals surface area contributed by atoms with E-state index >= 15 is 0 Å². The first-order chi connectivity index (χ1) is 14.7. The molecule has 0 aliphatic carbocycles. The van der Waals surface area contributed by atoms with E-state index in [9.17, 15) is 4.79 Å². The normalized spacial score (nSPS) is 14.2. The van der Waals surface area contributed by atoms with Crippen LogP contribution in [0.25, 0.3) is 22.6 Å². The van der Waals surface area contributed by atoms with E-state index in [0.717, 1.165) is 48.7 Å². The van der Waals surface area contributed by atoms with Gasteiger partial charge in [-0.1, -0.05) is 25.1 Å².